The molecule has 0 atom stereocenters. The van der Waals surface area contributed by atoms with Crippen molar-refractivity contribution in [2.24, 2.45) is 5.73 Å². The molecule has 0 aromatic heterocycles. The van der Waals surface area contributed by atoms with Gasteiger partial charge in [0, 0.05) is 32.2 Å². The lowest BCUT2D eigenvalue weighted by atomic mass is 10.1. The average Bonchev–Trinajstić information content (AvgIpc) is 3.38. The lowest BCUT2D eigenvalue weighted by Gasteiger charge is -2.36. The molecule has 1 aromatic rings. The second kappa shape index (κ2) is 7.49. The van der Waals surface area contributed by atoms with Gasteiger partial charge in [0.05, 0.1) is 25.3 Å². The molecule has 1 aliphatic heterocycles. The molecule has 2 amide bonds. The van der Waals surface area contributed by atoms with E-state index in [9.17, 15) is 9.59 Å². The maximum Gasteiger partial charge on any atom is 0.257 e. The minimum Gasteiger partial charge on any atom is -0.497 e. The lowest BCUT2D eigenvalue weighted by molar-refractivity contribution is -0.135. The van der Waals surface area contributed by atoms with Crippen LogP contribution in [0.25, 0.3) is 0 Å². The van der Waals surface area contributed by atoms with Crippen molar-refractivity contribution in [2.45, 2.75) is 18.4 Å². The van der Waals surface area contributed by atoms with Crippen molar-refractivity contribution < 1.29 is 19.1 Å². The van der Waals surface area contributed by atoms with Crippen molar-refractivity contribution in [1.29, 1.82) is 0 Å². The summed E-state index contributed by atoms with van der Waals surface area (Å²) in [4.78, 5) is 28.5. The summed E-state index contributed by atoms with van der Waals surface area (Å²) in [5.41, 5.74) is 5.82. The van der Waals surface area contributed by atoms with Crippen molar-refractivity contribution in [1.82, 2.24) is 9.80 Å². The molecular weight excluding hydrogens is 346 g/mol. The maximum absolute atomic E-state index is 12.7. The first-order valence-electron chi connectivity index (χ1n) is 8.08. The van der Waals surface area contributed by atoms with E-state index in [0.717, 1.165) is 12.8 Å². The Labute approximate surface area is 153 Å². The van der Waals surface area contributed by atoms with Gasteiger partial charge < -0.3 is 25.0 Å². The summed E-state index contributed by atoms with van der Waals surface area (Å²) in [5, 5.41) is 0. The molecule has 1 saturated heterocycles. The summed E-state index contributed by atoms with van der Waals surface area (Å²) in [5.74, 6) is 1.03. The predicted octanol–water partition coefficient (Wildman–Crippen LogP) is 0.901. The van der Waals surface area contributed by atoms with Crippen LogP contribution in [0, 0.1) is 0 Å². The number of halogens is 1. The fraction of sp³-hybridized carbons (Fsp3) is 0.529. The molecule has 0 spiro atoms. The molecule has 3 rings (SSSR count). The molecule has 2 aliphatic rings. The van der Waals surface area contributed by atoms with Gasteiger partial charge >= 0.3 is 0 Å². The fourth-order valence-electron chi connectivity index (χ4n) is 2.92. The minimum absolute atomic E-state index is 0. The number of hydrogen-bond donors (Lipinski definition) is 1. The zero-order chi connectivity index (χ0) is 17.3. The minimum atomic E-state index is -0.647. The normalized spacial score (nSPS) is 18.2. The number of benzene rings is 1. The summed E-state index contributed by atoms with van der Waals surface area (Å²) in [6.07, 6.45) is 1.52. The first kappa shape index (κ1) is 19.3. The van der Waals surface area contributed by atoms with Gasteiger partial charge in [0.15, 0.2) is 0 Å². The molecule has 1 aromatic carbocycles. The first-order chi connectivity index (χ1) is 11.5. The lowest BCUT2D eigenvalue weighted by Crippen LogP contribution is -2.55. The van der Waals surface area contributed by atoms with E-state index < -0.39 is 5.54 Å². The molecular formula is C17H24ClN3O4. The third-order valence-corrected chi connectivity index (χ3v) is 4.71. The van der Waals surface area contributed by atoms with Crippen LogP contribution in [0.2, 0.25) is 0 Å². The number of rotatable bonds is 4. The van der Waals surface area contributed by atoms with Gasteiger partial charge in [-0.1, -0.05) is 0 Å². The number of carbonyl (C=O) groups is 2. The smallest absolute Gasteiger partial charge is 0.257 e. The van der Waals surface area contributed by atoms with E-state index in [1.807, 2.05) is 0 Å². The Balaban J connectivity index is 0.00000225. The summed E-state index contributed by atoms with van der Waals surface area (Å²) < 4.78 is 10.5. The Bertz CT molecular complexity index is 655. The largest absolute Gasteiger partial charge is 0.497 e. The molecule has 8 heteroatoms. The third-order valence-electron chi connectivity index (χ3n) is 4.71. The van der Waals surface area contributed by atoms with Crippen LogP contribution in [0.5, 0.6) is 11.5 Å². The van der Waals surface area contributed by atoms with Crippen molar-refractivity contribution >= 4 is 24.2 Å². The summed E-state index contributed by atoms with van der Waals surface area (Å²) in [7, 11) is 3.09. The predicted molar refractivity (Wildman–Crippen MR) is 95.4 cm³/mol. The van der Waals surface area contributed by atoms with Crippen molar-refractivity contribution in [3.8, 4) is 11.5 Å². The second-order valence-corrected chi connectivity index (χ2v) is 6.31. The number of piperazine rings is 1. The van der Waals surface area contributed by atoms with Gasteiger partial charge in [0.1, 0.15) is 11.5 Å². The molecule has 1 heterocycles. The van der Waals surface area contributed by atoms with Gasteiger partial charge in [-0.3, -0.25) is 9.59 Å². The highest BCUT2D eigenvalue weighted by molar-refractivity contribution is 5.97. The first-order valence-corrected chi connectivity index (χ1v) is 8.08. The number of hydrogen-bond acceptors (Lipinski definition) is 5. The zero-order valence-corrected chi connectivity index (χ0v) is 15.3. The number of nitrogens with two attached hydrogens (primary N) is 1. The molecule has 7 nitrogen and oxygen atoms in total. The van der Waals surface area contributed by atoms with Crippen LogP contribution < -0.4 is 15.2 Å². The summed E-state index contributed by atoms with van der Waals surface area (Å²) in [6.45, 7) is 2.02. The van der Waals surface area contributed by atoms with Gasteiger partial charge in [-0.05, 0) is 25.0 Å². The molecule has 1 aliphatic carbocycles. The van der Waals surface area contributed by atoms with E-state index in [2.05, 4.69) is 0 Å². The molecule has 138 valence electrons. The Morgan fingerprint density at radius 3 is 2.16 bits per heavy atom. The molecule has 0 bridgehead atoms. The number of amides is 2. The van der Waals surface area contributed by atoms with Crippen LogP contribution in [-0.2, 0) is 4.79 Å². The quantitative estimate of drug-likeness (QED) is 0.852. The summed E-state index contributed by atoms with van der Waals surface area (Å²) in [6, 6.07) is 5.13. The van der Waals surface area contributed by atoms with Crippen LogP contribution in [0.3, 0.4) is 0 Å². The highest BCUT2D eigenvalue weighted by atomic mass is 35.5. The van der Waals surface area contributed by atoms with E-state index in [4.69, 9.17) is 15.2 Å². The number of carbonyl (C=O) groups excluding carboxylic acids is 2. The molecule has 25 heavy (non-hydrogen) atoms. The Morgan fingerprint density at radius 2 is 1.64 bits per heavy atom. The molecule has 2 fully saturated rings. The number of ether oxygens (including phenoxy) is 2. The molecule has 0 unspecified atom stereocenters. The topological polar surface area (TPSA) is 85.1 Å². The zero-order valence-electron chi connectivity index (χ0n) is 14.5. The third kappa shape index (κ3) is 3.82. The van der Waals surface area contributed by atoms with Gasteiger partial charge in [0.25, 0.3) is 5.91 Å². The van der Waals surface area contributed by atoms with Crippen molar-refractivity contribution in [3.63, 3.8) is 0 Å². The Morgan fingerprint density at radius 1 is 1.04 bits per heavy atom. The number of methoxy groups -OCH3 is 2. The highest BCUT2D eigenvalue weighted by Crippen LogP contribution is 2.34. The number of nitrogens with zero attached hydrogens (tertiary/aromatic N) is 2. The van der Waals surface area contributed by atoms with Crippen LogP contribution in [0.15, 0.2) is 18.2 Å². The fourth-order valence-corrected chi connectivity index (χ4v) is 2.92. The van der Waals surface area contributed by atoms with Crippen LogP contribution in [-0.4, -0.2) is 67.6 Å². The SMILES string of the molecule is COc1ccc(C(=O)N2CCN(C(=O)C3(N)CC3)CC2)c(OC)c1.Cl. The Hall–Kier alpha value is -1.99. The maximum atomic E-state index is 12.7. The van der Waals surface area contributed by atoms with E-state index in [1.165, 1.54) is 7.11 Å². The average molecular weight is 370 g/mol. The monoisotopic (exact) mass is 369 g/mol. The van der Waals surface area contributed by atoms with E-state index in [0.29, 0.717) is 43.2 Å². The van der Waals surface area contributed by atoms with Gasteiger partial charge in [-0.2, -0.15) is 0 Å². The van der Waals surface area contributed by atoms with E-state index in [-0.39, 0.29) is 24.2 Å². The van der Waals surface area contributed by atoms with Gasteiger partial charge in [-0.15, -0.1) is 12.4 Å². The van der Waals surface area contributed by atoms with Crippen molar-refractivity contribution in [2.75, 3.05) is 40.4 Å². The van der Waals surface area contributed by atoms with Crippen LogP contribution in [0.1, 0.15) is 23.2 Å². The van der Waals surface area contributed by atoms with Crippen LogP contribution in [0.4, 0.5) is 0 Å². The summed E-state index contributed by atoms with van der Waals surface area (Å²) >= 11 is 0. The molecule has 0 radical (unpaired) electrons. The Kier molecular flexibility index (Phi) is 5.80. The van der Waals surface area contributed by atoms with Gasteiger partial charge in [0.2, 0.25) is 5.91 Å². The van der Waals surface area contributed by atoms with Crippen LogP contribution >= 0.6 is 12.4 Å². The highest BCUT2D eigenvalue weighted by Gasteiger charge is 2.48. The van der Waals surface area contributed by atoms with E-state index >= 15 is 0 Å². The molecule has 2 N–H and O–H groups in total. The van der Waals surface area contributed by atoms with Gasteiger partial charge in [-0.25, -0.2) is 0 Å². The molecule has 1 saturated carbocycles. The van der Waals surface area contributed by atoms with E-state index in [1.54, 1.807) is 35.1 Å². The van der Waals surface area contributed by atoms with Crippen molar-refractivity contribution in [3.05, 3.63) is 23.8 Å². The second-order valence-electron chi connectivity index (χ2n) is 6.31. The standard InChI is InChI=1S/C17H23N3O4.ClH/c1-23-12-3-4-13(14(11-12)24-2)15(21)19-7-9-20(10-8-19)16(22)17(18)5-6-17;/h3-4,11H,5-10,18H2,1-2H3;1H.